The number of halogens is 3. The summed E-state index contributed by atoms with van der Waals surface area (Å²) in [5.41, 5.74) is 2.07. The molecule has 1 aliphatic heterocycles. The van der Waals surface area contributed by atoms with E-state index in [1.807, 2.05) is 0 Å². The van der Waals surface area contributed by atoms with Gasteiger partial charge in [0.15, 0.2) is 6.10 Å². The summed E-state index contributed by atoms with van der Waals surface area (Å²) >= 11 is 0. The number of rotatable bonds is 8. The van der Waals surface area contributed by atoms with Crippen LogP contribution in [0, 0.1) is 13.8 Å². The van der Waals surface area contributed by atoms with E-state index in [0.717, 1.165) is 0 Å². The fraction of sp³-hybridized carbons (Fsp3) is 0.360. The number of alkyl halides is 2. The molecule has 0 aliphatic carbocycles. The number of para-hydroxylation sites is 1. The SMILES string of the molecule is COC(=O)c1cc(N2CCC=C(F)C2)ccc1NC(=O)[C@H](CC(F)F)Oc1c(C)cccc1C. The zero-order valence-corrected chi connectivity index (χ0v) is 19.2. The number of carbonyl (C=O) groups is 2. The monoisotopic (exact) mass is 476 g/mol. The van der Waals surface area contributed by atoms with Crippen molar-refractivity contribution in [2.45, 2.75) is 39.2 Å². The third-order valence-electron chi connectivity index (χ3n) is 5.49. The Morgan fingerprint density at radius 3 is 2.47 bits per heavy atom. The van der Waals surface area contributed by atoms with Gasteiger partial charge < -0.3 is 19.7 Å². The number of hydrogen-bond donors (Lipinski definition) is 1. The maximum absolute atomic E-state index is 13.7. The van der Waals surface area contributed by atoms with Crippen LogP contribution in [0.2, 0.25) is 0 Å². The van der Waals surface area contributed by atoms with Crippen LogP contribution < -0.4 is 15.0 Å². The molecule has 0 saturated carbocycles. The first-order valence-electron chi connectivity index (χ1n) is 10.8. The van der Waals surface area contributed by atoms with E-state index in [1.54, 1.807) is 43.0 Å². The minimum atomic E-state index is -2.79. The zero-order chi connectivity index (χ0) is 24.8. The summed E-state index contributed by atoms with van der Waals surface area (Å²) < 4.78 is 50.8. The molecule has 6 nitrogen and oxygen atoms in total. The van der Waals surface area contributed by atoms with E-state index in [0.29, 0.717) is 35.5 Å². The lowest BCUT2D eigenvalue weighted by Crippen LogP contribution is -2.35. The van der Waals surface area contributed by atoms with Crippen molar-refractivity contribution in [3.8, 4) is 5.75 Å². The number of hydrogen-bond acceptors (Lipinski definition) is 5. The number of nitrogens with one attached hydrogen (secondary N) is 1. The fourth-order valence-electron chi connectivity index (χ4n) is 3.75. The van der Waals surface area contributed by atoms with Crippen molar-refractivity contribution < 1.29 is 32.2 Å². The van der Waals surface area contributed by atoms with Gasteiger partial charge in [0.25, 0.3) is 5.91 Å². The van der Waals surface area contributed by atoms with Gasteiger partial charge in [-0.2, -0.15) is 0 Å². The Morgan fingerprint density at radius 1 is 1.15 bits per heavy atom. The van der Waals surface area contributed by atoms with Crippen LogP contribution in [0.3, 0.4) is 0 Å². The molecule has 2 aromatic carbocycles. The van der Waals surface area contributed by atoms with E-state index < -0.39 is 30.8 Å². The first kappa shape index (κ1) is 25.1. The second kappa shape index (κ2) is 11.1. The molecule has 1 heterocycles. The van der Waals surface area contributed by atoms with Crippen LogP contribution in [-0.4, -0.2) is 44.6 Å². The molecule has 3 rings (SSSR count). The molecule has 0 fully saturated rings. The number of nitrogens with zero attached hydrogens (tertiary/aromatic N) is 1. The third-order valence-corrected chi connectivity index (χ3v) is 5.49. The van der Waals surface area contributed by atoms with Gasteiger partial charge in [-0.3, -0.25) is 4.79 Å². The van der Waals surface area contributed by atoms with Gasteiger partial charge in [0.05, 0.1) is 31.3 Å². The molecule has 182 valence electrons. The first-order valence-corrected chi connectivity index (χ1v) is 10.8. The molecule has 0 bridgehead atoms. The summed E-state index contributed by atoms with van der Waals surface area (Å²) in [6.07, 6.45) is -3.09. The van der Waals surface area contributed by atoms with Crippen LogP contribution >= 0.6 is 0 Å². The van der Waals surface area contributed by atoms with Gasteiger partial charge in [-0.15, -0.1) is 0 Å². The van der Waals surface area contributed by atoms with Crippen LogP contribution in [0.4, 0.5) is 24.5 Å². The summed E-state index contributed by atoms with van der Waals surface area (Å²) in [6.45, 7) is 4.13. The predicted molar refractivity (Wildman–Crippen MR) is 123 cm³/mol. The molecule has 9 heteroatoms. The number of amides is 1. The van der Waals surface area contributed by atoms with Gasteiger partial charge in [0.2, 0.25) is 6.43 Å². The molecule has 0 saturated heterocycles. The maximum atomic E-state index is 13.7. The second-order valence-electron chi connectivity index (χ2n) is 8.03. The van der Waals surface area contributed by atoms with Crippen LogP contribution in [0.1, 0.15) is 34.3 Å². The molecule has 1 aliphatic rings. The molecule has 2 aromatic rings. The van der Waals surface area contributed by atoms with E-state index in [4.69, 9.17) is 9.47 Å². The van der Waals surface area contributed by atoms with Crippen molar-refractivity contribution in [2.75, 3.05) is 30.4 Å². The van der Waals surface area contributed by atoms with Gasteiger partial charge in [-0.05, 0) is 55.7 Å². The van der Waals surface area contributed by atoms with Crippen molar-refractivity contribution in [1.29, 1.82) is 0 Å². The quantitative estimate of drug-likeness (QED) is 0.531. The van der Waals surface area contributed by atoms with E-state index in [1.165, 1.54) is 25.3 Å². The largest absolute Gasteiger partial charge is 0.480 e. The van der Waals surface area contributed by atoms with Crippen molar-refractivity contribution in [2.24, 2.45) is 0 Å². The van der Waals surface area contributed by atoms with E-state index in [2.05, 4.69) is 5.32 Å². The highest BCUT2D eigenvalue weighted by Gasteiger charge is 2.28. The number of aryl methyl sites for hydroxylation is 2. The molecule has 0 unspecified atom stereocenters. The highest BCUT2D eigenvalue weighted by molar-refractivity contribution is 6.03. The average Bonchev–Trinajstić information content (AvgIpc) is 2.80. The van der Waals surface area contributed by atoms with Crippen LogP contribution in [0.25, 0.3) is 0 Å². The Morgan fingerprint density at radius 2 is 1.85 bits per heavy atom. The summed E-state index contributed by atoms with van der Waals surface area (Å²) in [5, 5.41) is 2.53. The number of methoxy groups -OCH3 is 1. The normalized spacial score (nSPS) is 14.4. The third kappa shape index (κ3) is 6.09. The average molecular weight is 476 g/mol. The lowest BCUT2D eigenvalue weighted by molar-refractivity contribution is -0.124. The summed E-state index contributed by atoms with van der Waals surface area (Å²) in [5.74, 6) is -1.48. The summed E-state index contributed by atoms with van der Waals surface area (Å²) in [7, 11) is 1.19. The topological polar surface area (TPSA) is 67.9 Å². The molecule has 34 heavy (non-hydrogen) atoms. The second-order valence-corrected chi connectivity index (χ2v) is 8.03. The van der Waals surface area contributed by atoms with E-state index in [-0.39, 0.29) is 23.6 Å². The van der Waals surface area contributed by atoms with Crippen LogP contribution in [0.5, 0.6) is 5.75 Å². The number of benzene rings is 2. The maximum Gasteiger partial charge on any atom is 0.340 e. The van der Waals surface area contributed by atoms with Crippen molar-refractivity contribution in [3.05, 3.63) is 65.0 Å². The van der Waals surface area contributed by atoms with Gasteiger partial charge in [0, 0.05) is 12.2 Å². The number of carbonyl (C=O) groups excluding carboxylic acids is 2. The van der Waals surface area contributed by atoms with Gasteiger partial charge >= 0.3 is 5.97 Å². The minimum Gasteiger partial charge on any atom is -0.480 e. The molecule has 0 spiro atoms. The lowest BCUT2D eigenvalue weighted by atomic mass is 10.1. The van der Waals surface area contributed by atoms with Gasteiger partial charge in [0.1, 0.15) is 11.6 Å². The van der Waals surface area contributed by atoms with E-state index in [9.17, 15) is 22.8 Å². The molecular weight excluding hydrogens is 449 g/mol. The highest BCUT2D eigenvalue weighted by atomic mass is 19.3. The highest BCUT2D eigenvalue weighted by Crippen LogP contribution is 2.29. The molecule has 1 N–H and O–H groups in total. The molecular formula is C25H27F3N2O4. The first-order chi connectivity index (χ1) is 16.2. The van der Waals surface area contributed by atoms with Gasteiger partial charge in [-0.25, -0.2) is 18.0 Å². The zero-order valence-electron chi connectivity index (χ0n) is 19.2. The Hall–Kier alpha value is -3.49. The number of esters is 1. The van der Waals surface area contributed by atoms with Crippen LogP contribution in [-0.2, 0) is 9.53 Å². The van der Waals surface area contributed by atoms with Crippen molar-refractivity contribution in [3.63, 3.8) is 0 Å². The Balaban J connectivity index is 1.87. The van der Waals surface area contributed by atoms with Crippen molar-refractivity contribution >= 4 is 23.3 Å². The lowest BCUT2D eigenvalue weighted by Gasteiger charge is -2.27. The Kier molecular flexibility index (Phi) is 8.20. The van der Waals surface area contributed by atoms with Crippen LogP contribution in [0.15, 0.2) is 48.3 Å². The smallest absolute Gasteiger partial charge is 0.340 e. The van der Waals surface area contributed by atoms with Gasteiger partial charge in [-0.1, -0.05) is 18.2 Å². The number of anilines is 2. The van der Waals surface area contributed by atoms with E-state index >= 15 is 0 Å². The predicted octanol–water partition coefficient (Wildman–Crippen LogP) is 5.19. The molecule has 1 atom stereocenters. The van der Waals surface area contributed by atoms with Crippen molar-refractivity contribution in [1.82, 2.24) is 0 Å². The Labute approximate surface area is 196 Å². The molecule has 0 aromatic heterocycles. The Bertz CT molecular complexity index is 1070. The number of ether oxygens (including phenoxy) is 2. The molecule has 0 radical (unpaired) electrons. The minimum absolute atomic E-state index is 0.0196. The summed E-state index contributed by atoms with van der Waals surface area (Å²) in [4.78, 5) is 27.1. The molecule has 1 amide bonds. The summed E-state index contributed by atoms with van der Waals surface area (Å²) in [6, 6.07) is 9.88. The fourth-order valence-corrected chi connectivity index (χ4v) is 3.75. The standard InChI is InChI=1S/C25H27F3N2O4/c1-15-6-4-7-16(2)23(15)34-21(13-22(27)28)24(31)29-20-10-9-18(12-19(20)25(32)33-3)30-11-5-8-17(26)14-30/h4,6-10,12,21-22H,5,11,13-14H2,1-3H3,(H,29,31)/t21-/m0/s1.